The molecule has 5 aliphatic carbocycles. The van der Waals surface area contributed by atoms with Crippen molar-refractivity contribution >= 4 is 17.7 Å². The predicted molar refractivity (Wildman–Crippen MR) is 212 cm³/mol. The highest BCUT2D eigenvalue weighted by Crippen LogP contribution is 2.73. The first-order chi connectivity index (χ1) is 25.2. The SMILES string of the molecule is CC(C)C1=C2C3CCC4C(C)(CCC5C(C)(C)C(OC(=O)CC(C)(C)C(=O)O)CCC54C)C3CCC2([C@@H](O)CNC(CN(C)C)c2ccccc2)CC1=O. The van der Waals surface area contributed by atoms with Crippen LogP contribution in [0.3, 0.4) is 0 Å². The summed E-state index contributed by atoms with van der Waals surface area (Å²) in [5.41, 5.74) is 1.80. The Hall–Kier alpha value is -2.55. The molecule has 0 spiro atoms. The average molecular weight is 747 g/mol. The number of aliphatic hydroxyl groups excluding tert-OH is 1. The monoisotopic (exact) mass is 747 g/mol. The molecule has 54 heavy (non-hydrogen) atoms. The number of Topliss-reactive ketones (excluding diaryl/α,β-unsaturated/α-hetero) is 1. The van der Waals surface area contributed by atoms with E-state index in [4.69, 9.17) is 4.74 Å². The molecule has 1 aromatic rings. The van der Waals surface area contributed by atoms with E-state index < -0.39 is 28.9 Å². The number of ketones is 1. The zero-order valence-corrected chi connectivity index (χ0v) is 35.0. The summed E-state index contributed by atoms with van der Waals surface area (Å²) in [5.74, 6) is 0.624. The van der Waals surface area contributed by atoms with Crippen molar-refractivity contribution in [2.75, 3.05) is 27.2 Å². The van der Waals surface area contributed by atoms with Crippen molar-refractivity contribution in [2.24, 2.45) is 56.7 Å². The highest BCUT2D eigenvalue weighted by Gasteiger charge is 2.67. The molecule has 4 saturated carbocycles. The van der Waals surface area contributed by atoms with Gasteiger partial charge >= 0.3 is 11.9 Å². The maximum Gasteiger partial charge on any atom is 0.309 e. The Morgan fingerprint density at radius 3 is 2.24 bits per heavy atom. The molecule has 9 unspecified atom stereocenters. The fourth-order valence-electron chi connectivity index (χ4n) is 13.4. The zero-order chi connectivity index (χ0) is 39.6. The van der Waals surface area contributed by atoms with Crippen molar-refractivity contribution in [1.29, 1.82) is 0 Å². The molecule has 0 aliphatic heterocycles. The number of carbonyl (C=O) groups excluding carboxylic acids is 2. The zero-order valence-electron chi connectivity index (χ0n) is 35.0. The Balaban J connectivity index is 1.24. The lowest BCUT2D eigenvalue weighted by molar-refractivity contribution is -0.214. The fraction of sp³-hybridized carbons (Fsp3) is 0.761. The minimum absolute atomic E-state index is 0.0717. The average Bonchev–Trinajstić information content (AvgIpc) is 3.41. The van der Waals surface area contributed by atoms with Gasteiger partial charge in [0.15, 0.2) is 5.78 Å². The molecule has 10 atom stereocenters. The van der Waals surface area contributed by atoms with Gasteiger partial charge in [-0.25, -0.2) is 0 Å². The number of carbonyl (C=O) groups is 3. The number of carboxylic acid groups (broad SMARTS) is 1. The number of rotatable bonds is 12. The van der Waals surface area contributed by atoms with Crippen LogP contribution >= 0.6 is 0 Å². The smallest absolute Gasteiger partial charge is 0.309 e. The highest BCUT2D eigenvalue weighted by molar-refractivity contribution is 6.00. The van der Waals surface area contributed by atoms with Gasteiger partial charge in [-0.05, 0) is 131 Å². The lowest BCUT2D eigenvalue weighted by Crippen LogP contribution is -2.63. The second-order valence-corrected chi connectivity index (χ2v) is 20.6. The van der Waals surface area contributed by atoms with Crippen LogP contribution in [-0.4, -0.2) is 72.2 Å². The van der Waals surface area contributed by atoms with E-state index in [9.17, 15) is 24.6 Å². The molecule has 8 nitrogen and oxygen atoms in total. The number of fused-ring (bicyclic) bond motifs is 7. The van der Waals surface area contributed by atoms with Gasteiger partial charge in [0.25, 0.3) is 0 Å². The van der Waals surface area contributed by atoms with Crippen LogP contribution in [0.15, 0.2) is 41.5 Å². The Morgan fingerprint density at radius 1 is 0.944 bits per heavy atom. The molecule has 8 heteroatoms. The van der Waals surface area contributed by atoms with Gasteiger partial charge in [0.05, 0.1) is 17.9 Å². The number of hydrogen-bond acceptors (Lipinski definition) is 7. The second kappa shape index (κ2) is 14.8. The quantitative estimate of drug-likeness (QED) is 0.183. The molecule has 5 aliphatic rings. The van der Waals surface area contributed by atoms with Gasteiger partial charge in [0, 0.05) is 36.4 Å². The number of esters is 1. The summed E-state index contributed by atoms with van der Waals surface area (Å²) in [6.07, 6.45) is 7.37. The van der Waals surface area contributed by atoms with Gasteiger partial charge in [0.1, 0.15) is 6.10 Å². The summed E-state index contributed by atoms with van der Waals surface area (Å²) < 4.78 is 6.17. The number of likely N-dealkylation sites (N-methyl/N-ethyl adjacent to an activating group) is 1. The van der Waals surface area contributed by atoms with E-state index in [0.717, 1.165) is 63.5 Å². The van der Waals surface area contributed by atoms with Crippen molar-refractivity contribution < 1.29 is 29.3 Å². The number of aliphatic carboxylic acids is 1. The molecule has 300 valence electrons. The first kappa shape index (κ1) is 41.1. The molecule has 0 bridgehead atoms. The van der Waals surface area contributed by atoms with Crippen molar-refractivity contribution in [2.45, 2.75) is 138 Å². The van der Waals surface area contributed by atoms with E-state index in [2.05, 4.69) is 90.1 Å². The van der Waals surface area contributed by atoms with Gasteiger partial charge < -0.3 is 25.2 Å². The van der Waals surface area contributed by atoms with Crippen LogP contribution in [0.2, 0.25) is 0 Å². The Labute approximate surface area is 325 Å². The maximum atomic E-state index is 14.1. The largest absolute Gasteiger partial charge is 0.481 e. The number of aliphatic hydroxyl groups is 1. The Kier molecular flexibility index (Phi) is 11.2. The van der Waals surface area contributed by atoms with E-state index in [1.165, 1.54) is 11.1 Å². The standard InChI is InChI=1S/C46H70N2O6/c1-28(2)39-33(49)24-46(36(50)26-47-32(27-48(9)10)29-14-12-11-13-15-29)23-18-31-30(40(39)46)16-17-35-44(31,7)21-19-34-43(5,6)37(20-22-45(34,35)8)54-38(51)25-42(3,4)41(52)53/h11-15,28,30-32,34-37,47,50H,16-27H2,1-10H3,(H,52,53)/t30?,31?,32?,34?,35?,36-,37?,44?,45?,46?/m0/s1. The summed E-state index contributed by atoms with van der Waals surface area (Å²) in [4.78, 5) is 41.1. The van der Waals surface area contributed by atoms with Crippen LogP contribution < -0.4 is 5.32 Å². The first-order valence-electron chi connectivity index (χ1n) is 21.0. The molecular formula is C46H70N2O6. The third-order valence-electron chi connectivity index (χ3n) is 16.0. The molecule has 0 radical (unpaired) electrons. The number of carboxylic acids is 1. The van der Waals surface area contributed by atoms with E-state index in [-0.39, 0.29) is 46.5 Å². The Bertz CT molecular complexity index is 1620. The van der Waals surface area contributed by atoms with Crippen LogP contribution in [0.5, 0.6) is 0 Å². The van der Waals surface area contributed by atoms with E-state index >= 15 is 0 Å². The summed E-state index contributed by atoms with van der Waals surface area (Å²) in [6, 6.07) is 10.5. The minimum atomic E-state index is -1.16. The van der Waals surface area contributed by atoms with E-state index in [0.29, 0.717) is 36.6 Å². The van der Waals surface area contributed by atoms with E-state index in [1.807, 2.05) is 6.07 Å². The molecule has 4 fully saturated rings. The lowest BCUT2D eigenvalue weighted by Gasteiger charge is -2.69. The van der Waals surface area contributed by atoms with Crippen LogP contribution in [-0.2, 0) is 19.1 Å². The summed E-state index contributed by atoms with van der Waals surface area (Å²) in [6.45, 7) is 18.4. The molecule has 0 heterocycles. The fourth-order valence-corrected chi connectivity index (χ4v) is 13.4. The Morgan fingerprint density at radius 2 is 1.61 bits per heavy atom. The normalized spacial score (nSPS) is 35.9. The third-order valence-corrected chi connectivity index (χ3v) is 16.0. The van der Waals surface area contributed by atoms with Gasteiger partial charge in [0.2, 0.25) is 0 Å². The summed E-state index contributed by atoms with van der Waals surface area (Å²) in [5, 5.41) is 25.7. The summed E-state index contributed by atoms with van der Waals surface area (Å²) in [7, 11) is 4.16. The molecule has 0 saturated heterocycles. The highest BCUT2D eigenvalue weighted by atomic mass is 16.5. The number of benzene rings is 1. The number of ether oxygens (including phenoxy) is 1. The second-order valence-electron chi connectivity index (χ2n) is 20.6. The molecular weight excluding hydrogens is 677 g/mol. The van der Waals surface area contributed by atoms with Crippen LogP contribution in [0.1, 0.15) is 131 Å². The molecule has 0 aromatic heterocycles. The third kappa shape index (κ3) is 6.93. The van der Waals surface area contributed by atoms with Crippen LogP contribution in [0.25, 0.3) is 0 Å². The van der Waals surface area contributed by atoms with Crippen molar-refractivity contribution in [3.8, 4) is 0 Å². The molecule has 3 N–H and O–H groups in total. The number of hydrogen-bond donors (Lipinski definition) is 3. The minimum Gasteiger partial charge on any atom is -0.481 e. The number of allylic oxidation sites excluding steroid dienone is 1. The van der Waals surface area contributed by atoms with Crippen molar-refractivity contribution in [1.82, 2.24) is 10.2 Å². The topological polar surface area (TPSA) is 116 Å². The first-order valence-corrected chi connectivity index (χ1v) is 21.0. The predicted octanol–water partition coefficient (Wildman–Crippen LogP) is 8.24. The van der Waals surface area contributed by atoms with Crippen molar-refractivity contribution in [3.05, 3.63) is 47.0 Å². The van der Waals surface area contributed by atoms with E-state index in [1.54, 1.807) is 13.8 Å². The number of nitrogens with one attached hydrogen (secondary N) is 1. The van der Waals surface area contributed by atoms with Gasteiger partial charge in [-0.2, -0.15) is 0 Å². The van der Waals surface area contributed by atoms with Crippen molar-refractivity contribution in [3.63, 3.8) is 0 Å². The van der Waals surface area contributed by atoms with Gasteiger partial charge in [-0.15, -0.1) is 0 Å². The van der Waals surface area contributed by atoms with Gasteiger partial charge in [-0.3, -0.25) is 14.4 Å². The van der Waals surface area contributed by atoms with Crippen LogP contribution in [0, 0.1) is 56.7 Å². The molecule has 0 amide bonds. The lowest BCUT2D eigenvalue weighted by atomic mass is 9.36. The van der Waals surface area contributed by atoms with Gasteiger partial charge in [-0.1, -0.05) is 77.4 Å². The molecule has 1 aromatic carbocycles. The van der Waals surface area contributed by atoms with Crippen LogP contribution in [0.4, 0.5) is 0 Å². The molecule has 6 rings (SSSR count). The summed E-state index contributed by atoms with van der Waals surface area (Å²) >= 11 is 0. The number of nitrogens with zero attached hydrogens (tertiary/aromatic N) is 1. The maximum absolute atomic E-state index is 14.1.